The molecule has 0 spiro atoms. The summed E-state index contributed by atoms with van der Waals surface area (Å²) in [7, 11) is -0.575. The van der Waals surface area contributed by atoms with E-state index >= 15 is 4.39 Å². The maximum absolute atomic E-state index is 15.1. The van der Waals surface area contributed by atoms with Crippen molar-refractivity contribution in [2.75, 3.05) is 0 Å². The smallest absolute Gasteiger partial charge is 0.144 e. The summed E-state index contributed by atoms with van der Waals surface area (Å²) in [5.41, 5.74) is 3.52. The Labute approximate surface area is 214 Å². The first-order valence-corrected chi connectivity index (χ1v) is 15.7. The summed E-state index contributed by atoms with van der Waals surface area (Å²) in [6, 6.07) is 21.7. The molecule has 1 fully saturated rings. The Morgan fingerprint density at radius 3 is 2.11 bits per heavy atom. The van der Waals surface area contributed by atoms with Crippen molar-refractivity contribution in [1.29, 1.82) is 5.26 Å². The number of hydrogen-bond acceptors (Lipinski definition) is 1. The number of aryl methyl sites for hydroxylation is 2. The van der Waals surface area contributed by atoms with E-state index < -0.39 is 26.0 Å². The Morgan fingerprint density at radius 2 is 1.50 bits per heavy atom. The molecule has 0 bridgehead atoms. The van der Waals surface area contributed by atoms with Crippen LogP contribution in [0, 0.1) is 28.8 Å². The van der Waals surface area contributed by atoms with Crippen LogP contribution in [0.15, 0.2) is 54.6 Å². The van der Waals surface area contributed by atoms with Crippen LogP contribution < -0.4 is 0 Å². The molecule has 1 heterocycles. The van der Waals surface area contributed by atoms with Gasteiger partial charge in [-0.15, -0.1) is 0 Å². The van der Waals surface area contributed by atoms with Crippen molar-refractivity contribution >= 4 is 8.80 Å². The molecule has 0 N–H and O–H groups in total. The summed E-state index contributed by atoms with van der Waals surface area (Å²) >= 11 is 0. The topological polar surface area (TPSA) is 23.8 Å². The molecular formula is C31H34F3NSi. The Morgan fingerprint density at radius 1 is 0.833 bits per heavy atom. The van der Waals surface area contributed by atoms with Crippen molar-refractivity contribution in [3.8, 4) is 17.2 Å². The molecule has 1 nitrogen and oxygen atoms in total. The van der Waals surface area contributed by atoms with E-state index in [0.717, 1.165) is 16.7 Å². The summed E-state index contributed by atoms with van der Waals surface area (Å²) < 4.78 is 42.8. The number of nitrogens with zero attached hydrogens (tertiary/aromatic N) is 1. The number of unbranched alkanes of at least 4 members (excludes halogenated alkanes) is 2. The molecule has 5 heteroatoms. The van der Waals surface area contributed by atoms with Crippen LogP contribution in [0.4, 0.5) is 13.2 Å². The highest BCUT2D eigenvalue weighted by Gasteiger charge is 2.23. The first kappa shape index (κ1) is 26.2. The van der Waals surface area contributed by atoms with E-state index in [-0.39, 0.29) is 5.82 Å². The van der Waals surface area contributed by atoms with Crippen molar-refractivity contribution in [3.05, 3.63) is 94.3 Å². The molecule has 0 saturated carbocycles. The summed E-state index contributed by atoms with van der Waals surface area (Å²) in [5, 5.41) is 8.81. The first-order chi connectivity index (χ1) is 17.5. The fraction of sp³-hybridized carbons (Fsp3) is 0.387. The van der Waals surface area contributed by atoms with Gasteiger partial charge in [-0.2, -0.15) is 5.26 Å². The van der Waals surface area contributed by atoms with Crippen molar-refractivity contribution in [2.24, 2.45) is 0 Å². The minimum absolute atomic E-state index is 0.175. The molecule has 0 atom stereocenters. The average Bonchev–Trinajstić information content (AvgIpc) is 2.88. The summed E-state index contributed by atoms with van der Waals surface area (Å²) in [6.07, 6.45) is 7.51. The third-order valence-corrected chi connectivity index (χ3v) is 11.2. The van der Waals surface area contributed by atoms with Crippen LogP contribution in [0.25, 0.3) is 11.1 Å². The fourth-order valence-corrected chi connectivity index (χ4v) is 8.98. The summed E-state index contributed by atoms with van der Waals surface area (Å²) in [5.74, 6) is -1.35. The molecule has 0 unspecified atom stereocenters. The monoisotopic (exact) mass is 505 g/mol. The van der Waals surface area contributed by atoms with Crippen molar-refractivity contribution in [2.45, 2.75) is 75.9 Å². The Bertz CT molecular complexity index is 1180. The van der Waals surface area contributed by atoms with Gasteiger partial charge in [0.15, 0.2) is 0 Å². The zero-order valence-corrected chi connectivity index (χ0v) is 22.2. The van der Waals surface area contributed by atoms with E-state index in [9.17, 15) is 8.78 Å². The van der Waals surface area contributed by atoms with Gasteiger partial charge in [-0.05, 0) is 72.1 Å². The van der Waals surface area contributed by atoms with Crippen LogP contribution in [0.2, 0.25) is 18.1 Å². The number of hydrogen-bond donors (Lipinski definition) is 0. The van der Waals surface area contributed by atoms with Gasteiger partial charge in [-0.3, -0.25) is 0 Å². The van der Waals surface area contributed by atoms with E-state index in [2.05, 4.69) is 13.0 Å². The van der Waals surface area contributed by atoms with Crippen LogP contribution in [0.3, 0.4) is 0 Å². The maximum atomic E-state index is 15.1. The Kier molecular flexibility index (Phi) is 9.04. The van der Waals surface area contributed by atoms with Crippen molar-refractivity contribution < 1.29 is 13.2 Å². The van der Waals surface area contributed by atoms with Gasteiger partial charge < -0.3 is 0 Å². The van der Waals surface area contributed by atoms with Gasteiger partial charge in [-0.25, -0.2) is 13.2 Å². The second kappa shape index (κ2) is 12.4. The minimum atomic E-state index is -0.830. The molecule has 0 aliphatic carbocycles. The minimum Gasteiger partial charge on any atom is -0.206 e. The molecule has 1 saturated heterocycles. The maximum Gasteiger partial charge on any atom is 0.144 e. The third-order valence-electron chi connectivity index (χ3n) is 7.71. The van der Waals surface area contributed by atoms with Crippen LogP contribution in [-0.2, 0) is 12.8 Å². The SMILES string of the molecule is CCCCC[Si@H]1CC[C@H](c2ccc(-c3ccc(CCc4cc(F)c(C#N)c(F)c4)cc3)c(F)c2)CC1. The molecule has 0 amide bonds. The van der Waals surface area contributed by atoms with Gasteiger partial charge in [0.1, 0.15) is 29.1 Å². The molecule has 1 aliphatic heterocycles. The van der Waals surface area contributed by atoms with E-state index in [1.54, 1.807) is 12.1 Å². The van der Waals surface area contributed by atoms with E-state index in [1.165, 1.54) is 62.4 Å². The van der Waals surface area contributed by atoms with Gasteiger partial charge in [0.2, 0.25) is 0 Å². The van der Waals surface area contributed by atoms with E-state index in [1.807, 2.05) is 30.3 Å². The number of benzene rings is 3. The zero-order chi connectivity index (χ0) is 25.5. The number of halogens is 3. The molecular weight excluding hydrogens is 471 g/mol. The first-order valence-electron chi connectivity index (χ1n) is 13.2. The van der Waals surface area contributed by atoms with Crippen LogP contribution in [0.1, 0.15) is 67.2 Å². The van der Waals surface area contributed by atoms with Gasteiger partial charge in [0.25, 0.3) is 0 Å². The van der Waals surface area contributed by atoms with E-state index in [0.29, 0.717) is 29.9 Å². The highest BCUT2D eigenvalue weighted by atomic mass is 28.3. The molecule has 0 aromatic heterocycles. The summed E-state index contributed by atoms with van der Waals surface area (Å²) in [6.45, 7) is 2.26. The highest BCUT2D eigenvalue weighted by molar-refractivity contribution is 6.59. The molecule has 3 aromatic carbocycles. The lowest BCUT2D eigenvalue weighted by molar-refractivity contribution is 0.573. The zero-order valence-electron chi connectivity index (χ0n) is 21.0. The molecule has 1 aliphatic rings. The van der Waals surface area contributed by atoms with Crippen molar-refractivity contribution in [1.82, 2.24) is 0 Å². The van der Waals surface area contributed by atoms with E-state index in [4.69, 9.17) is 5.26 Å². The summed E-state index contributed by atoms with van der Waals surface area (Å²) in [4.78, 5) is 0. The molecule has 3 aromatic rings. The van der Waals surface area contributed by atoms with Gasteiger partial charge in [0.05, 0.1) is 0 Å². The standard InChI is InChI=1S/C31H34F3NSi/c1-2-3-4-15-36-16-13-24(14-17-36)26-11-12-27(31(34)20-26)25-9-7-22(8-10-25)5-6-23-18-29(32)28(21-35)30(33)19-23/h7-12,18-20,24,36H,2-6,13-17H2,1H3/t24-,36-. The lowest BCUT2D eigenvalue weighted by Crippen LogP contribution is -2.20. The van der Waals surface area contributed by atoms with Gasteiger partial charge in [-0.1, -0.05) is 80.7 Å². The Balaban J connectivity index is 1.35. The molecule has 4 rings (SSSR count). The van der Waals surface area contributed by atoms with Gasteiger partial charge in [0, 0.05) is 14.4 Å². The van der Waals surface area contributed by atoms with Crippen LogP contribution in [0.5, 0.6) is 0 Å². The number of nitriles is 1. The van der Waals surface area contributed by atoms with Crippen LogP contribution in [-0.4, -0.2) is 8.80 Å². The molecule has 36 heavy (non-hydrogen) atoms. The molecule has 188 valence electrons. The second-order valence-corrected chi connectivity index (χ2v) is 13.7. The Hall–Kier alpha value is -2.84. The number of rotatable bonds is 9. The largest absolute Gasteiger partial charge is 0.206 e. The average molecular weight is 506 g/mol. The normalized spacial score (nSPS) is 17.6. The van der Waals surface area contributed by atoms with Crippen LogP contribution >= 0.6 is 0 Å². The lowest BCUT2D eigenvalue weighted by atomic mass is 9.91. The fourth-order valence-electron chi connectivity index (χ4n) is 5.50. The van der Waals surface area contributed by atoms with Gasteiger partial charge >= 0.3 is 0 Å². The van der Waals surface area contributed by atoms with Crippen molar-refractivity contribution in [3.63, 3.8) is 0 Å². The lowest BCUT2D eigenvalue weighted by Gasteiger charge is -2.28. The highest BCUT2D eigenvalue weighted by Crippen LogP contribution is 2.37. The predicted octanol–water partition coefficient (Wildman–Crippen LogP) is 8.72. The predicted molar refractivity (Wildman–Crippen MR) is 143 cm³/mol. The second-order valence-electron chi connectivity index (χ2n) is 10.2. The third kappa shape index (κ3) is 6.47. The quantitative estimate of drug-likeness (QED) is 0.211. The molecule has 0 radical (unpaired) electrons.